The zero-order valence-electron chi connectivity index (χ0n) is 32.6. The summed E-state index contributed by atoms with van der Waals surface area (Å²) in [5.74, 6) is -3.28. The van der Waals surface area contributed by atoms with Crippen LogP contribution in [-0.2, 0) is 44.8 Å². The molecular formula is C36H55N11O11. The summed E-state index contributed by atoms with van der Waals surface area (Å²) in [6.45, 7) is 3.69. The van der Waals surface area contributed by atoms with Gasteiger partial charge >= 0.3 is 17.9 Å². The molecule has 22 nitrogen and oxygen atoms in total. The molecule has 3 rings (SSSR count). The number of ether oxygens (including phenoxy) is 2. The average molecular weight is 818 g/mol. The van der Waals surface area contributed by atoms with E-state index < -0.39 is 17.9 Å². The summed E-state index contributed by atoms with van der Waals surface area (Å²) in [6.07, 6.45) is 2.07. The van der Waals surface area contributed by atoms with Gasteiger partial charge in [-0.05, 0) is 12.0 Å². The monoisotopic (exact) mass is 817 g/mol. The minimum Gasteiger partial charge on any atom is -0.480 e. The molecule has 22 heteroatoms. The highest BCUT2D eigenvalue weighted by Crippen LogP contribution is 2.13. The fourth-order valence-electron chi connectivity index (χ4n) is 5.77. The van der Waals surface area contributed by atoms with Gasteiger partial charge in [0.2, 0.25) is 23.5 Å². The Morgan fingerprint density at radius 3 is 1.41 bits per heavy atom. The molecule has 1 fully saturated rings. The molecule has 320 valence electrons. The first-order chi connectivity index (χ1) is 28.0. The molecule has 0 bridgehead atoms. The van der Waals surface area contributed by atoms with Gasteiger partial charge in [-0.1, -0.05) is 24.3 Å². The number of nitrogens with one attached hydrogen (secondary N) is 3. The Bertz CT molecular complexity index is 1540. The maximum absolute atomic E-state index is 12.8. The molecule has 0 spiro atoms. The van der Waals surface area contributed by atoms with Crippen molar-refractivity contribution in [2.45, 2.75) is 25.8 Å². The van der Waals surface area contributed by atoms with Crippen LogP contribution in [0.25, 0.3) is 11.4 Å². The molecule has 0 saturated carbocycles. The summed E-state index contributed by atoms with van der Waals surface area (Å²) < 4.78 is 11.0. The largest absolute Gasteiger partial charge is 0.480 e. The van der Waals surface area contributed by atoms with Gasteiger partial charge in [0, 0.05) is 90.4 Å². The molecule has 1 aliphatic rings. The number of amides is 3. The van der Waals surface area contributed by atoms with E-state index in [9.17, 15) is 44.1 Å². The second kappa shape index (κ2) is 27.4. The molecule has 0 unspecified atom stereocenters. The topological polar surface area (TPSA) is 282 Å². The predicted molar refractivity (Wildman–Crippen MR) is 205 cm³/mol. The Kier molecular flexibility index (Phi) is 22.2. The molecule has 1 aromatic heterocycles. The third-order valence-electron chi connectivity index (χ3n) is 8.80. The molecule has 2 heterocycles. The average Bonchev–Trinajstić information content (AvgIpc) is 3.18. The van der Waals surface area contributed by atoms with Crippen molar-refractivity contribution in [1.29, 1.82) is 0 Å². The number of aromatic nitrogens is 4. The number of carbonyl (C=O) groups excluding carboxylic acids is 3. The number of rotatable bonds is 24. The van der Waals surface area contributed by atoms with Gasteiger partial charge in [0.05, 0.1) is 52.6 Å². The van der Waals surface area contributed by atoms with Crippen LogP contribution in [0.5, 0.6) is 0 Å². The van der Waals surface area contributed by atoms with Crippen molar-refractivity contribution < 1.29 is 53.6 Å². The van der Waals surface area contributed by atoms with Gasteiger partial charge in [0.1, 0.15) is 0 Å². The number of benzene rings is 1. The Hall–Kier alpha value is -5.26. The van der Waals surface area contributed by atoms with E-state index in [1.165, 1.54) is 6.33 Å². The van der Waals surface area contributed by atoms with Crippen LogP contribution >= 0.6 is 0 Å². The standard InChI is InChI=1S/C36H55N11O11/c48-30(2-1-3-31(49)39-22-28-4-6-29(7-5-28)36-42-40-27-41-43-36)37-8-18-57-20-21-58-19-9-38-32(50)23-44-10-12-45(24-33(51)52)14-16-47(26-35(55)56)17-15-46(13-11-44)25-34(53)54/h4-7,27H,1-3,8-26H2,(H,37,48)(H,38,50)(H,39,49)(H,51,52)(H,53,54)(H,55,56). The maximum Gasteiger partial charge on any atom is 0.317 e. The summed E-state index contributed by atoms with van der Waals surface area (Å²) in [4.78, 5) is 78.3. The summed E-state index contributed by atoms with van der Waals surface area (Å²) in [5.41, 5.74) is 1.66. The number of aliphatic carboxylic acids is 3. The van der Waals surface area contributed by atoms with Gasteiger partial charge in [-0.2, -0.15) is 0 Å². The Morgan fingerprint density at radius 2 is 0.966 bits per heavy atom. The lowest BCUT2D eigenvalue weighted by molar-refractivity contribution is -0.140. The number of carbonyl (C=O) groups is 6. The smallest absolute Gasteiger partial charge is 0.317 e. The van der Waals surface area contributed by atoms with Crippen LogP contribution < -0.4 is 16.0 Å². The minimum absolute atomic E-state index is 0.00753. The van der Waals surface area contributed by atoms with Gasteiger partial charge in [0.25, 0.3) is 0 Å². The van der Waals surface area contributed by atoms with Gasteiger partial charge in [-0.3, -0.25) is 48.4 Å². The lowest BCUT2D eigenvalue weighted by Crippen LogP contribution is -2.50. The highest BCUT2D eigenvalue weighted by Gasteiger charge is 2.21. The molecule has 1 aliphatic heterocycles. The highest BCUT2D eigenvalue weighted by atomic mass is 16.5. The first-order valence-corrected chi connectivity index (χ1v) is 19.1. The van der Waals surface area contributed by atoms with Crippen molar-refractivity contribution >= 4 is 35.6 Å². The van der Waals surface area contributed by atoms with Gasteiger partial charge in [-0.15, -0.1) is 20.4 Å². The van der Waals surface area contributed by atoms with E-state index in [1.807, 2.05) is 29.2 Å². The van der Waals surface area contributed by atoms with Crippen LogP contribution in [-0.4, -0.2) is 209 Å². The van der Waals surface area contributed by atoms with E-state index >= 15 is 0 Å². The molecule has 0 atom stereocenters. The second-order valence-electron chi connectivity index (χ2n) is 13.4. The van der Waals surface area contributed by atoms with Crippen LogP contribution in [0, 0.1) is 0 Å². The van der Waals surface area contributed by atoms with Crippen molar-refractivity contribution in [3.8, 4) is 11.4 Å². The van der Waals surface area contributed by atoms with Crippen molar-refractivity contribution in [2.75, 3.05) is 118 Å². The summed E-state index contributed by atoms with van der Waals surface area (Å²) in [6, 6.07) is 7.35. The molecule has 2 aromatic rings. The predicted octanol–water partition coefficient (Wildman–Crippen LogP) is -2.54. The summed E-state index contributed by atoms with van der Waals surface area (Å²) in [7, 11) is 0. The quantitative estimate of drug-likeness (QED) is 0.0595. The maximum atomic E-state index is 12.8. The first-order valence-electron chi connectivity index (χ1n) is 19.1. The second-order valence-corrected chi connectivity index (χ2v) is 13.4. The SMILES string of the molecule is O=C(O)CN1CCN(CC(=O)O)CCN(CC(=O)NCCOCCOCCNC(=O)CCCC(=O)NCc2ccc(-c3nncnn3)cc2)CCN(CC(=O)O)CC1. The summed E-state index contributed by atoms with van der Waals surface area (Å²) in [5, 5.41) is 51.7. The van der Waals surface area contributed by atoms with Crippen LogP contribution in [0.3, 0.4) is 0 Å². The third kappa shape index (κ3) is 21.3. The number of carboxylic acid groups (broad SMARTS) is 3. The normalized spacial score (nSPS) is 15.1. The lowest BCUT2D eigenvalue weighted by atomic mass is 10.1. The van der Waals surface area contributed by atoms with Crippen molar-refractivity contribution in [2.24, 2.45) is 0 Å². The zero-order chi connectivity index (χ0) is 42.0. The molecule has 58 heavy (non-hydrogen) atoms. The Balaban J connectivity index is 1.23. The van der Waals surface area contributed by atoms with E-state index in [0.717, 1.165) is 11.1 Å². The minimum atomic E-state index is -1.03. The molecule has 1 saturated heterocycles. The Morgan fingerprint density at radius 1 is 0.552 bits per heavy atom. The van der Waals surface area contributed by atoms with Crippen LogP contribution in [0.2, 0.25) is 0 Å². The summed E-state index contributed by atoms with van der Waals surface area (Å²) >= 11 is 0. The molecule has 1 aromatic carbocycles. The van der Waals surface area contributed by atoms with Crippen molar-refractivity contribution in [3.63, 3.8) is 0 Å². The van der Waals surface area contributed by atoms with Gasteiger partial charge in [-0.25, -0.2) is 0 Å². The van der Waals surface area contributed by atoms with E-state index in [4.69, 9.17) is 9.47 Å². The fourth-order valence-corrected chi connectivity index (χ4v) is 5.77. The van der Waals surface area contributed by atoms with E-state index in [-0.39, 0.29) is 103 Å². The zero-order valence-corrected chi connectivity index (χ0v) is 32.6. The molecule has 0 aliphatic carbocycles. The van der Waals surface area contributed by atoms with Crippen molar-refractivity contribution in [1.82, 2.24) is 55.9 Å². The lowest BCUT2D eigenvalue weighted by Gasteiger charge is -2.32. The number of nitrogens with zero attached hydrogens (tertiary/aromatic N) is 8. The van der Waals surface area contributed by atoms with E-state index in [1.54, 1.807) is 14.7 Å². The first kappa shape index (κ1) is 47.1. The number of hydrogen-bond donors (Lipinski definition) is 6. The molecule has 6 N–H and O–H groups in total. The van der Waals surface area contributed by atoms with E-state index in [2.05, 4.69) is 36.3 Å². The molecular weight excluding hydrogens is 762 g/mol. The van der Waals surface area contributed by atoms with Gasteiger partial charge < -0.3 is 40.7 Å². The Labute approximate surface area is 336 Å². The molecule has 3 amide bonds. The third-order valence-corrected chi connectivity index (χ3v) is 8.80. The molecule has 0 radical (unpaired) electrons. The van der Waals surface area contributed by atoms with Crippen LogP contribution in [0.15, 0.2) is 30.6 Å². The van der Waals surface area contributed by atoms with Gasteiger partial charge in [0.15, 0.2) is 6.33 Å². The fraction of sp³-hybridized carbons (Fsp3) is 0.611. The number of hydrogen-bond acceptors (Lipinski definition) is 16. The van der Waals surface area contributed by atoms with E-state index in [0.29, 0.717) is 64.6 Å². The van der Waals surface area contributed by atoms with Crippen molar-refractivity contribution in [3.05, 3.63) is 36.2 Å². The highest BCUT2D eigenvalue weighted by molar-refractivity contribution is 5.79. The van der Waals surface area contributed by atoms with Crippen LogP contribution in [0.4, 0.5) is 0 Å². The van der Waals surface area contributed by atoms with Crippen LogP contribution in [0.1, 0.15) is 24.8 Å². The number of carboxylic acids is 3.